The molecule has 0 radical (unpaired) electrons. The van der Waals surface area contributed by atoms with Crippen LogP contribution < -0.4 is 4.74 Å². The van der Waals surface area contributed by atoms with Gasteiger partial charge in [-0.05, 0) is 6.92 Å². The molecule has 1 unspecified atom stereocenters. The highest BCUT2D eigenvalue weighted by Gasteiger charge is 2.13. The monoisotopic (exact) mass is 226 g/mol. The molecule has 0 saturated heterocycles. The molecular formula is C12H12F2O2. The van der Waals surface area contributed by atoms with E-state index in [4.69, 9.17) is 4.74 Å². The van der Waals surface area contributed by atoms with Crippen LogP contribution in [0.1, 0.15) is 23.7 Å². The number of hydrogen-bond acceptors (Lipinski definition) is 2. The van der Waals surface area contributed by atoms with Crippen molar-refractivity contribution in [1.29, 1.82) is 0 Å². The molecule has 0 aliphatic heterocycles. The second-order valence-corrected chi connectivity index (χ2v) is 3.37. The molecular weight excluding hydrogens is 214 g/mol. The van der Waals surface area contributed by atoms with Gasteiger partial charge >= 0.3 is 0 Å². The number of carbonyl (C=O) groups excluding carboxylic acids is 1. The topological polar surface area (TPSA) is 26.3 Å². The van der Waals surface area contributed by atoms with Crippen LogP contribution in [0.4, 0.5) is 8.78 Å². The van der Waals surface area contributed by atoms with Crippen molar-refractivity contribution in [2.45, 2.75) is 19.4 Å². The number of carbonyl (C=O) groups is 1. The Balaban J connectivity index is 3.01. The summed E-state index contributed by atoms with van der Waals surface area (Å²) >= 11 is 0. The molecule has 1 aromatic rings. The van der Waals surface area contributed by atoms with Crippen LogP contribution in [-0.4, -0.2) is 12.4 Å². The minimum atomic E-state index is -0.921. The number of hydrogen-bond donors (Lipinski definition) is 0. The highest BCUT2D eigenvalue weighted by molar-refractivity contribution is 5.79. The maximum absolute atomic E-state index is 13.2. The second kappa shape index (κ2) is 5.39. The van der Waals surface area contributed by atoms with Crippen LogP contribution in [0.15, 0.2) is 24.8 Å². The van der Waals surface area contributed by atoms with E-state index < -0.39 is 11.6 Å². The molecule has 0 bridgehead atoms. The van der Waals surface area contributed by atoms with Gasteiger partial charge in [-0.25, -0.2) is 8.78 Å². The average Bonchev–Trinajstić information content (AvgIpc) is 2.17. The Labute approximate surface area is 92.5 Å². The zero-order valence-electron chi connectivity index (χ0n) is 8.87. The molecule has 0 spiro atoms. The number of aldehydes is 1. The maximum atomic E-state index is 13.2. The van der Waals surface area contributed by atoms with Crippen LogP contribution in [0, 0.1) is 11.6 Å². The molecule has 1 aromatic carbocycles. The SMILES string of the molecule is C=CCC(C)Oc1cc(F)cc(F)c1C=O. The van der Waals surface area contributed by atoms with Gasteiger partial charge in [-0.15, -0.1) is 6.58 Å². The van der Waals surface area contributed by atoms with Crippen molar-refractivity contribution in [2.75, 3.05) is 0 Å². The second-order valence-electron chi connectivity index (χ2n) is 3.37. The molecule has 4 heteroatoms. The lowest BCUT2D eigenvalue weighted by Gasteiger charge is -2.14. The summed E-state index contributed by atoms with van der Waals surface area (Å²) in [5, 5.41) is 0. The van der Waals surface area contributed by atoms with E-state index >= 15 is 0 Å². The first-order valence-electron chi connectivity index (χ1n) is 4.80. The summed E-state index contributed by atoms with van der Waals surface area (Å²) < 4.78 is 31.4. The van der Waals surface area contributed by atoms with Gasteiger partial charge in [-0.3, -0.25) is 4.79 Å². The lowest BCUT2D eigenvalue weighted by Crippen LogP contribution is -2.12. The molecule has 0 aliphatic carbocycles. The van der Waals surface area contributed by atoms with Crippen molar-refractivity contribution in [1.82, 2.24) is 0 Å². The molecule has 0 amide bonds. The third kappa shape index (κ3) is 2.89. The number of ether oxygens (including phenoxy) is 1. The summed E-state index contributed by atoms with van der Waals surface area (Å²) in [6, 6.07) is 1.64. The van der Waals surface area contributed by atoms with E-state index in [0.29, 0.717) is 18.8 Å². The lowest BCUT2D eigenvalue weighted by atomic mass is 10.2. The molecule has 2 nitrogen and oxygen atoms in total. The molecule has 1 atom stereocenters. The van der Waals surface area contributed by atoms with Gasteiger partial charge in [0.2, 0.25) is 0 Å². The first-order chi connectivity index (χ1) is 7.58. The van der Waals surface area contributed by atoms with E-state index in [9.17, 15) is 13.6 Å². The fraction of sp³-hybridized carbons (Fsp3) is 0.250. The Kier molecular flexibility index (Phi) is 4.17. The van der Waals surface area contributed by atoms with Gasteiger partial charge < -0.3 is 4.74 Å². The molecule has 0 N–H and O–H groups in total. The van der Waals surface area contributed by atoms with Gasteiger partial charge in [0.1, 0.15) is 17.4 Å². The smallest absolute Gasteiger partial charge is 0.156 e. The van der Waals surface area contributed by atoms with Crippen LogP contribution in [0.25, 0.3) is 0 Å². The largest absolute Gasteiger partial charge is 0.489 e. The Morgan fingerprint density at radius 2 is 2.19 bits per heavy atom. The highest BCUT2D eigenvalue weighted by Crippen LogP contribution is 2.23. The average molecular weight is 226 g/mol. The number of benzene rings is 1. The van der Waals surface area contributed by atoms with Crippen molar-refractivity contribution in [3.63, 3.8) is 0 Å². The summed E-state index contributed by atoms with van der Waals surface area (Å²) in [6.45, 7) is 5.24. The van der Waals surface area contributed by atoms with Crippen molar-refractivity contribution >= 4 is 6.29 Å². The van der Waals surface area contributed by atoms with E-state index in [1.54, 1.807) is 13.0 Å². The van der Waals surface area contributed by atoms with Gasteiger partial charge in [-0.1, -0.05) is 6.08 Å². The van der Waals surface area contributed by atoms with Crippen LogP contribution in [0.5, 0.6) is 5.75 Å². The number of rotatable bonds is 5. The van der Waals surface area contributed by atoms with E-state index in [2.05, 4.69) is 6.58 Å². The molecule has 0 aromatic heterocycles. The summed E-state index contributed by atoms with van der Waals surface area (Å²) in [5.74, 6) is -1.78. The van der Waals surface area contributed by atoms with E-state index in [1.165, 1.54) is 0 Å². The summed E-state index contributed by atoms with van der Waals surface area (Å²) in [5.41, 5.74) is -0.266. The minimum Gasteiger partial charge on any atom is -0.489 e. The first-order valence-corrected chi connectivity index (χ1v) is 4.80. The molecule has 0 fully saturated rings. The molecule has 0 saturated carbocycles. The quantitative estimate of drug-likeness (QED) is 0.569. The Morgan fingerprint density at radius 1 is 1.50 bits per heavy atom. The van der Waals surface area contributed by atoms with Gasteiger partial charge in [0.15, 0.2) is 6.29 Å². The zero-order chi connectivity index (χ0) is 12.1. The summed E-state index contributed by atoms with van der Waals surface area (Å²) in [6.07, 6.45) is 2.17. The van der Waals surface area contributed by atoms with Crippen LogP contribution >= 0.6 is 0 Å². The molecule has 16 heavy (non-hydrogen) atoms. The Hall–Kier alpha value is -1.71. The van der Waals surface area contributed by atoms with Crippen molar-refractivity contribution in [3.8, 4) is 5.75 Å². The van der Waals surface area contributed by atoms with Crippen LogP contribution in [-0.2, 0) is 0 Å². The predicted octanol–water partition coefficient (Wildman–Crippen LogP) is 3.12. The van der Waals surface area contributed by atoms with E-state index in [1.807, 2.05) is 0 Å². The molecule has 0 aliphatic rings. The van der Waals surface area contributed by atoms with Crippen LogP contribution in [0.3, 0.4) is 0 Å². The predicted molar refractivity (Wildman–Crippen MR) is 56.6 cm³/mol. The Morgan fingerprint density at radius 3 is 2.75 bits per heavy atom. The summed E-state index contributed by atoms with van der Waals surface area (Å²) in [7, 11) is 0. The minimum absolute atomic E-state index is 0.0816. The van der Waals surface area contributed by atoms with Gasteiger partial charge in [0.05, 0.1) is 11.7 Å². The molecule has 86 valence electrons. The van der Waals surface area contributed by atoms with Crippen molar-refractivity contribution < 1.29 is 18.3 Å². The molecule has 0 heterocycles. The zero-order valence-corrected chi connectivity index (χ0v) is 8.87. The fourth-order valence-corrected chi connectivity index (χ4v) is 1.27. The van der Waals surface area contributed by atoms with Gasteiger partial charge in [0, 0.05) is 18.6 Å². The Bertz CT molecular complexity index is 402. The van der Waals surface area contributed by atoms with E-state index in [-0.39, 0.29) is 17.4 Å². The first kappa shape index (κ1) is 12.4. The van der Waals surface area contributed by atoms with Crippen molar-refractivity contribution in [2.24, 2.45) is 0 Å². The lowest BCUT2D eigenvalue weighted by molar-refractivity contribution is 0.111. The van der Waals surface area contributed by atoms with Gasteiger partial charge in [0.25, 0.3) is 0 Å². The summed E-state index contributed by atoms with van der Waals surface area (Å²) in [4.78, 5) is 10.6. The van der Waals surface area contributed by atoms with Crippen LogP contribution in [0.2, 0.25) is 0 Å². The normalized spacial score (nSPS) is 11.9. The third-order valence-corrected chi connectivity index (χ3v) is 2.00. The standard InChI is InChI=1S/C12H12F2O2/c1-3-4-8(2)16-12-6-9(13)5-11(14)10(12)7-15/h3,5-8H,1,4H2,2H3. The van der Waals surface area contributed by atoms with E-state index in [0.717, 1.165) is 6.07 Å². The maximum Gasteiger partial charge on any atom is 0.156 e. The highest BCUT2D eigenvalue weighted by atomic mass is 19.1. The molecule has 1 rings (SSSR count). The number of halogens is 2. The van der Waals surface area contributed by atoms with Gasteiger partial charge in [-0.2, -0.15) is 0 Å². The van der Waals surface area contributed by atoms with Crippen molar-refractivity contribution in [3.05, 3.63) is 42.0 Å². The fourth-order valence-electron chi connectivity index (χ4n) is 1.27. The third-order valence-electron chi connectivity index (χ3n) is 2.00.